The number of ether oxygens (including phenoxy) is 2. The Morgan fingerprint density at radius 2 is 1.81 bits per heavy atom. The average Bonchev–Trinajstić information content (AvgIpc) is 2.34. The van der Waals surface area contributed by atoms with E-state index in [2.05, 4.69) is 4.74 Å². The van der Waals surface area contributed by atoms with Crippen LogP contribution in [0.1, 0.15) is 29.8 Å². The first-order valence-corrected chi connectivity index (χ1v) is 5.06. The predicted octanol–water partition coefficient (Wildman–Crippen LogP) is 2.52. The molecule has 0 aliphatic heterocycles. The highest BCUT2D eigenvalue weighted by Gasteiger charge is 2.14. The maximum atomic E-state index is 11.2. The number of methoxy groups -OCH3 is 2. The van der Waals surface area contributed by atoms with E-state index in [1.54, 1.807) is 13.0 Å². The van der Waals surface area contributed by atoms with E-state index in [1.807, 2.05) is 13.8 Å². The molecule has 0 aromatic heterocycles. The van der Waals surface area contributed by atoms with Gasteiger partial charge in [0.15, 0.2) is 0 Å². The predicted molar refractivity (Wildman–Crippen MR) is 62.1 cm³/mol. The summed E-state index contributed by atoms with van der Waals surface area (Å²) in [7, 11) is 2.75. The van der Waals surface area contributed by atoms with Crippen LogP contribution in [0.25, 0.3) is 0 Å². The van der Waals surface area contributed by atoms with Gasteiger partial charge in [-0.25, -0.2) is 4.79 Å². The van der Waals surface area contributed by atoms with Crippen LogP contribution in [0.4, 0.5) is 0 Å². The zero-order valence-corrected chi connectivity index (χ0v) is 10.3. The number of aryl methyl sites for hydroxylation is 1. The Labute approximate surface area is 95.8 Å². The molecule has 0 fully saturated rings. The molecule has 4 nitrogen and oxygen atoms in total. The summed E-state index contributed by atoms with van der Waals surface area (Å²) in [4.78, 5) is 11.2. The fraction of sp³-hybridized carbons (Fsp3) is 0.417. The number of phenols is 1. The highest BCUT2D eigenvalue weighted by molar-refractivity contribution is 5.93. The zero-order chi connectivity index (χ0) is 12.7. The molecule has 4 heteroatoms. The van der Waals surface area contributed by atoms with Gasteiger partial charge in [0.25, 0.3) is 0 Å². The Morgan fingerprint density at radius 1 is 1.25 bits per heavy atom. The minimum atomic E-state index is -0.579. The number of carbonyl (C=O) groups excluding carboxylic acids is 1. The van der Waals surface area contributed by atoms with Crippen LogP contribution in [-0.4, -0.2) is 25.3 Å². The van der Waals surface area contributed by atoms with Gasteiger partial charge in [-0.15, -0.1) is 0 Å². The van der Waals surface area contributed by atoms with Crippen molar-refractivity contribution in [2.75, 3.05) is 14.2 Å². The fourth-order valence-corrected chi connectivity index (χ4v) is 1.13. The average molecular weight is 226 g/mol. The third kappa shape index (κ3) is 3.15. The van der Waals surface area contributed by atoms with Gasteiger partial charge >= 0.3 is 5.97 Å². The number of benzene rings is 1. The molecule has 0 aliphatic rings. The first-order valence-electron chi connectivity index (χ1n) is 5.06. The Bertz CT molecular complexity index is 358. The minimum absolute atomic E-state index is 0.0716. The summed E-state index contributed by atoms with van der Waals surface area (Å²) < 4.78 is 9.48. The second-order valence-corrected chi connectivity index (χ2v) is 2.83. The van der Waals surface area contributed by atoms with Gasteiger partial charge in [-0.05, 0) is 24.6 Å². The molecule has 0 amide bonds. The molecular formula is C12H18O4. The topological polar surface area (TPSA) is 55.8 Å². The van der Waals surface area contributed by atoms with Crippen molar-refractivity contribution in [3.63, 3.8) is 0 Å². The maximum Gasteiger partial charge on any atom is 0.341 e. The van der Waals surface area contributed by atoms with E-state index in [-0.39, 0.29) is 11.3 Å². The molecule has 0 saturated heterocycles. The van der Waals surface area contributed by atoms with Crippen molar-refractivity contribution >= 4 is 5.97 Å². The minimum Gasteiger partial charge on any atom is -0.507 e. The molecule has 1 aromatic carbocycles. The standard InChI is InChI=1S/C10H12O4.C2H6/c1-6-4-7(13-2)5-8(9(6)11)10(12)14-3;1-2/h4-5,11H,1-3H3;1-2H3. The first-order chi connectivity index (χ1) is 7.60. The van der Waals surface area contributed by atoms with Crippen LogP contribution >= 0.6 is 0 Å². The molecule has 1 aromatic rings. The number of rotatable bonds is 2. The molecule has 0 spiro atoms. The number of esters is 1. The quantitative estimate of drug-likeness (QED) is 0.787. The van der Waals surface area contributed by atoms with Crippen molar-refractivity contribution in [2.24, 2.45) is 0 Å². The molecule has 0 saturated carbocycles. The third-order valence-corrected chi connectivity index (χ3v) is 1.92. The Morgan fingerprint density at radius 3 is 2.25 bits per heavy atom. The molecule has 16 heavy (non-hydrogen) atoms. The Kier molecular flexibility index (Phi) is 6.00. The second-order valence-electron chi connectivity index (χ2n) is 2.83. The lowest BCUT2D eigenvalue weighted by Gasteiger charge is -2.08. The van der Waals surface area contributed by atoms with Crippen molar-refractivity contribution in [1.82, 2.24) is 0 Å². The molecule has 0 aliphatic carbocycles. The van der Waals surface area contributed by atoms with Crippen molar-refractivity contribution in [1.29, 1.82) is 0 Å². The lowest BCUT2D eigenvalue weighted by atomic mass is 10.1. The molecule has 0 atom stereocenters. The number of hydrogen-bond donors (Lipinski definition) is 1. The summed E-state index contributed by atoms with van der Waals surface area (Å²) in [6.45, 7) is 5.68. The van der Waals surface area contributed by atoms with Gasteiger partial charge in [0, 0.05) is 0 Å². The summed E-state index contributed by atoms with van der Waals surface area (Å²) in [6.07, 6.45) is 0. The fourth-order valence-electron chi connectivity index (χ4n) is 1.13. The van der Waals surface area contributed by atoms with Crippen LogP contribution in [0.3, 0.4) is 0 Å². The third-order valence-electron chi connectivity index (χ3n) is 1.92. The van der Waals surface area contributed by atoms with Gasteiger partial charge in [0.05, 0.1) is 14.2 Å². The molecule has 0 heterocycles. The van der Waals surface area contributed by atoms with E-state index in [0.29, 0.717) is 11.3 Å². The number of aromatic hydroxyl groups is 1. The van der Waals surface area contributed by atoms with E-state index in [1.165, 1.54) is 20.3 Å². The highest BCUT2D eigenvalue weighted by Crippen LogP contribution is 2.27. The van der Waals surface area contributed by atoms with Crippen LogP contribution in [0.15, 0.2) is 12.1 Å². The molecule has 0 bridgehead atoms. The largest absolute Gasteiger partial charge is 0.507 e. The summed E-state index contributed by atoms with van der Waals surface area (Å²) >= 11 is 0. The second kappa shape index (κ2) is 6.71. The summed E-state index contributed by atoms with van der Waals surface area (Å²) in [6, 6.07) is 3.08. The van der Waals surface area contributed by atoms with E-state index in [0.717, 1.165) is 0 Å². The molecule has 1 N–H and O–H groups in total. The number of phenolic OH excluding ortho intramolecular Hbond substituents is 1. The van der Waals surface area contributed by atoms with E-state index < -0.39 is 5.97 Å². The number of carbonyl (C=O) groups is 1. The van der Waals surface area contributed by atoms with Crippen molar-refractivity contribution in [2.45, 2.75) is 20.8 Å². The lowest BCUT2D eigenvalue weighted by Crippen LogP contribution is -2.03. The van der Waals surface area contributed by atoms with Crippen molar-refractivity contribution in [3.8, 4) is 11.5 Å². The Balaban J connectivity index is 0.00000106. The molecule has 1 rings (SSSR count). The smallest absolute Gasteiger partial charge is 0.341 e. The van der Waals surface area contributed by atoms with Crippen molar-refractivity contribution < 1.29 is 19.4 Å². The monoisotopic (exact) mass is 226 g/mol. The van der Waals surface area contributed by atoms with E-state index >= 15 is 0 Å². The zero-order valence-electron chi connectivity index (χ0n) is 10.3. The van der Waals surface area contributed by atoms with E-state index in [4.69, 9.17) is 4.74 Å². The Hall–Kier alpha value is -1.71. The van der Waals surface area contributed by atoms with Crippen LogP contribution in [-0.2, 0) is 4.74 Å². The summed E-state index contributed by atoms with van der Waals surface area (Å²) in [5.41, 5.74) is 0.689. The van der Waals surface area contributed by atoms with E-state index in [9.17, 15) is 9.90 Å². The van der Waals surface area contributed by atoms with Gasteiger partial charge < -0.3 is 14.6 Å². The van der Waals surface area contributed by atoms with Gasteiger partial charge in [0.1, 0.15) is 17.1 Å². The van der Waals surface area contributed by atoms with Gasteiger partial charge in [-0.2, -0.15) is 0 Å². The van der Waals surface area contributed by atoms with Gasteiger partial charge in [-0.3, -0.25) is 0 Å². The molecular weight excluding hydrogens is 208 g/mol. The summed E-state index contributed by atoms with van der Waals surface area (Å²) in [5.74, 6) is -0.136. The van der Waals surface area contributed by atoms with Gasteiger partial charge in [-0.1, -0.05) is 13.8 Å². The normalized spacial score (nSPS) is 8.81. The van der Waals surface area contributed by atoms with Gasteiger partial charge in [0.2, 0.25) is 0 Å². The van der Waals surface area contributed by atoms with Crippen LogP contribution < -0.4 is 4.74 Å². The number of hydrogen-bond acceptors (Lipinski definition) is 4. The molecule has 0 unspecified atom stereocenters. The van der Waals surface area contributed by atoms with Crippen LogP contribution in [0.2, 0.25) is 0 Å². The molecule has 0 radical (unpaired) electrons. The van der Waals surface area contributed by atoms with Crippen LogP contribution in [0, 0.1) is 6.92 Å². The maximum absolute atomic E-state index is 11.2. The first kappa shape index (κ1) is 14.3. The van der Waals surface area contributed by atoms with Crippen LogP contribution in [0.5, 0.6) is 11.5 Å². The lowest BCUT2D eigenvalue weighted by molar-refractivity contribution is 0.0597. The SMILES string of the molecule is CC.COC(=O)c1cc(OC)cc(C)c1O. The highest BCUT2D eigenvalue weighted by atomic mass is 16.5. The van der Waals surface area contributed by atoms with Crippen molar-refractivity contribution in [3.05, 3.63) is 23.3 Å². The summed E-state index contributed by atoms with van der Waals surface area (Å²) in [5, 5.41) is 9.56. The molecule has 90 valence electrons.